The van der Waals surface area contributed by atoms with Crippen molar-refractivity contribution in [2.75, 3.05) is 17.2 Å². The number of hydrazine groups is 1. The summed E-state index contributed by atoms with van der Waals surface area (Å²) in [5.41, 5.74) is 10.7. The molecule has 4 rings (SSSR count). The molecule has 0 amide bonds. The number of nitrogens with zero attached hydrogens (tertiary/aromatic N) is 4. The summed E-state index contributed by atoms with van der Waals surface area (Å²) in [5, 5.41) is 20.6. The average molecular weight is 585 g/mol. The maximum Gasteiger partial charge on any atom is 0.258 e. The van der Waals surface area contributed by atoms with Gasteiger partial charge in [0.2, 0.25) is 0 Å². The number of rotatable bonds is 9. The quantitative estimate of drug-likeness (QED) is 0.136. The second-order valence-corrected chi connectivity index (χ2v) is 11.9. The Morgan fingerprint density at radius 2 is 2.00 bits per heavy atom. The van der Waals surface area contributed by atoms with Crippen LogP contribution in [0.4, 0.5) is 11.4 Å². The fourth-order valence-corrected chi connectivity index (χ4v) is 4.91. The van der Waals surface area contributed by atoms with E-state index < -0.39 is 6.04 Å². The first-order chi connectivity index (χ1) is 19.8. The Balaban J connectivity index is 1.91. The van der Waals surface area contributed by atoms with E-state index in [1.54, 1.807) is 31.6 Å². The number of halogens is 1. The number of pyridine rings is 2. The first-order valence-corrected chi connectivity index (χ1v) is 14.0. The van der Waals surface area contributed by atoms with E-state index >= 15 is 0 Å². The normalized spacial score (nSPS) is 12.7. The van der Waals surface area contributed by atoms with Gasteiger partial charge in [-0.15, -0.1) is 0 Å². The van der Waals surface area contributed by atoms with Gasteiger partial charge in [-0.25, -0.2) is 5.84 Å². The van der Waals surface area contributed by atoms with Crippen molar-refractivity contribution >= 4 is 44.7 Å². The Morgan fingerprint density at radius 3 is 2.67 bits per heavy atom. The van der Waals surface area contributed by atoms with Crippen LogP contribution in [0.3, 0.4) is 0 Å². The van der Waals surface area contributed by atoms with Gasteiger partial charge >= 0.3 is 0 Å². The molecule has 2 aromatic carbocycles. The Morgan fingerprint density at radius 1 is 1.26 bits per heavy atom. The zero-order valence-electron chi connectivity index (χ0n) is 24.6. The number of benzene rings is 2. The molecule has 0 fully saturated rings. The Bertz CT molecular complexity index is 1800. The molecule has 42 heavy (non-hydrogen) atoms. The number of aromatic nitrogens is 2. The number of fused-ring (bicyclic) bond motifs is 2. The third-order valence-electron chi connectivity index (χ3n) is 7.01. The van der Waals surface area contributed by atoms with Crippen LogP contribution in [0, 0.1) is 16.7 Å². The summed E-state index contributed by atoms with van der Waals surface area (Å²) in [6, 6.07) is 12.7. The number of anilines is 2. The van der Waals surface area contributed by atoms with E-state index in [9.17, 15) is 10.1 Å². The molecule has 0 spiro atoms. The number of nitriles is 1. The predicted octanol–water partition coefficient (Wildman–Crippen LogP) is 6.12. The van der Waals surface area contributed by atoms with Crippen molar-refractivity contribution in [3.8, 4) is 6.07 Å². The molecule has 0 aliphatic heterocycles. The molecule has 6 N–H and O–H groups in total. The maximum atomic E-state index is 13.0. The Hall–Kier alpha value is -4.52. The van der Waals surface area contributed by atoms with Gasteiger partial charge in [0.25, 0.3) is 5.56 Å². The van der Waals surface area contributed by atoms with Crippen LogP contribution in [0.1, 0.15) is 51.3 Å². The first-order valence-electron chi connectivity index (χ1n) is 13.6. The van der Waals surface area contributed by atoms with Crippen molar-refractivity contribution in [1.29, 1.82) is 5.26 Å². The monoisotopic (exact) mass is 584 g/mol. The van der Waals surface area contributed by atoms with Crippen molar-refractivity contribution in [1.82, 2.24) is 14.6 Å². The van der Waals surface area contributed by atoms with Gasteiger partial charge in [-0.05, 0) is 47.1 Å². The number of hydrogen-bond acceptors (Lipinski definition) is 8. The summed E-state index contributed by atoms with van der Waals surface area (Å²) in [4.78, 5) is 17.4. The van der Waals surface area contributed by atoms with Gasteiger partial charge in [0.1, 0.15) is 6.07 Å². The fourth-order valence-electron chi connectivity index (χ4n) is 4.64. The smallest absolute Gasteiger partial charge is 0.258 e. The summed E-state index contributed by atoms with van der Waals surface area (Å²) in [6.07, 6.45) is 5.52. The van der Waals surface area contributed by atoms with Crippen LogP contribution >= 0.6 is 11.6 Å². The lowest BCUT2D eigenvalue weighted by Crippen LogP contribution is -2.28. The molecule has 0 radical (unpaired) electrons. The molecule has 0 aliphatic rings. The van der Waals surface area contributed by atoms with E-state index in [1.165, 1.54) is 15.8 Å². The molecule has 0 saturated heterocycles. The highest BCUT2D eigenvalue weighted by molar-refractivity contribution is 6.35. The van der Waals surface area contributed by atoms with Crippen LogP contribution in [0.5, 0.6) is 0 Å². The lowest BCUT2D eigenvalue weighted by atomic mass is 9.96. The molecule has 4 aromatic rings. The van der Waals surface area contributed by atoms with E-state index in [0.717, 1.165) is 10.9 Å². The first kappa shape index (κ1) is 30.4. The van der Waals surface area contributed by atoms with Gasteiger partial charge < -0.3 is 20.9 Å². The minimum atomic E-state index is -0.608. The molecule has 10 heteroatoms. The summed E-state index contributed by atoms with van der Waals surface area (Å²) >= 11 is 6.76. The lowest BCUT2D eigenvalue weighted by Gasteiger charge is -2.26. The summed E-state index contributed by atoms with van der Waals surface area (Å²) in [5.74, 6) is 6.24. The van der Waals surface area contributed by atoms with E-state index in [4.69, 9.17) is 23.2 Å². The molecule has 9 nitrogen and oxygen atoms in total. The highest BCUT2D eigenvalue weighted by Gasteiger charge is 2.21. The average Bonchev–Trinajstić information content (AvgIpc) is 2.95. The largest absolute Gasteiger partial charge is 0.399 e. The maximum absolute atomic E-state index is 13.0. The molecule has 0 aliphatic carbocycles. The number of aryl methyl sites for hydroxylation is 1. The van der Waals surface area contributed by atoms with E-state index in [1.807, 2.05) is 31.2 Å². The van der Waals surface area contributed by atoms with Crippen LogP contribution in [0.2, 0.25) is 5.02 Å². The van der Waals surface area contributed by atoms with Crippen LogP contribution in [0.25, 0.3) is 21.7 Å². The molecular formula is C32H37ClN8O. The molecule has 2 heterocycles. The van der Waals surface area contributed by atoms with E-state index in [2.05, 4.69) is 49.0 Å². The summed E-state index contributed by atoms with van der Waals surface area (Å²) < 4.78 is 1.54. The zero-order valence-corrected chi connectivity index (χ0v) is 25.4. The summed E-state index contributed by atoms with van der Waals surface area (Å²) in [7, 11) is 1.72. The number of hydrogen-bond donors (Lipinski definition) is 4. The summed E-state index contributed by atoms with van der Waals surface area (Å²) in [6.45, 7) is 12.9. The molecule has 1 atom stereocenters. The second kappa shape index (κ2) is 12.1. The molecule has 0 saturated carbocycles. The van der Waals surface area contributed by atoms with Gasteiger partial charge in [0.15, 0.2) is 0 Å². The van der Waals surface area contributed by atoms with Crippen LogP contribution in [-0.4, -0.2) is 21.1 Å². The van der Waals surface area contributed by atoms with Gasteiger partial charge in [-0.1, -0.05) is 58.0 Å². The van der Waals surface area contributed by atoms with Crippen molar-refractivity contribution in [2.45, 2.75) is 40.2 Å². The predicted molar refractivity (Wildman–Crippen MR) is 173 cm³/mol. The highest BCUT2D eigenvalue weighted by Crippen LogP contribution is 2.36. The molecule has 0 bridgehead atoms. The van der Waals surface area contributed by atoms with Gasteiger partial charge in [0, 0.05) is 54.3 Å². The molecule has 218 valence electrons. The number of nitrogens with one attached hydrogen (secondary N) is 2. The SMILES string of the molecule is C=C(CC)N(N)/C=C(\N)C(Nc1cc(Cl)c2ncc(C#N)c(NCC(C)(C)C)c2c1)c1cccc2c(=O)n(C)ccc12. The fraction of sp³-hybridized carbons (Fsp3) is 0.281. The van der Waals surface area contributed by atoms with Crippen molar-refractivity contribution < 1.29 is 0 Å². The standard InChI is InChI=1S/C32H37ClN8O/c1-7-19(2)41(36)17-27(35)30(23-9-8-10-24-22(23)11-12-40(6)31(24)42)39-21-13-25-28(38-18-32(3,4)5)20(15-34)16-37-29(25)26(33)14-21/h8-14,16-17,30,39H,2,7,18,35-36H2,1,3-6H3,(H,37,38)/b27-17-. The topological polar surface area (TPSA) is 138 Å². The molecule has 2 aromatic heterocycles. The van der Waals surface area contributed by atoms with Crippen LogP contribution in [-0.2, 0) is 7.05 Å². The van der Waals surface area contributed by atoms with Crippen molar-refractivity contribution in [3.05, 3.63) is 99.5 Å². The minimum Gasteiger partial charge on any atom is -0.399 e. The third-order valence-corrected chi connectivity index (χ3v) is 7.30. The minimum absolute atomic E-state index is 0.0334. The lowest BCUT2D eigenvalue weighted by molar-refractivity contribution is 0.443. The second-order valence-electron chi connectivity index (χ2n) is 11.5. The highest BCUT2D eigenvalue weighted by atomic mass is 35.5. The van der Waals surface area contributed by atoms with E-state index in [-0.39, 0.29) is 11.0 Å². The van der Waals surface area contributed by atoms with Gasteiger partial charge in [-0.2, -0.15) is 5.26 Å². The van der Waals surface area contributed by atoms with Crippen molar-refractivity contribution in [2.24, 2.45) is 24.0 Å². The van der Waals surface area contributed by atoms with Gasteiger partial charge in [0.05, 0.1) is 33.5 Å². The van der Waals surface area contributed by atoms with Gasteiger partial charge in [-0.3, -0.25) is 14.8 Å². The number of allylic oxidation sites excluding steroid dienone is 1. The Kier molecular flexibility index (Phi) is 8.81. The van der Waals surface area contributed by atoms with Crippen molar-refractivity contribution in [3.63, 3.8) is 0 Å². The van der Waals surface area contributed by atoms with Crippen LogP contribution in [0.15, 0.2) is 77.8 Å². The third kappa shape index (κ3) is 6.35. The van der Waals surface area contributed by atoms with Crippen LogP contribution < -0.4 is 27.8 Å². The number of nitrogens with two attached hydrogens (primary N) is 2. The Labute approximate surface area is 251 Å². The zero-order chi connectivity index (χ0) is 30.8. The molecule has 1 unspecified atom stereocenters. The molecular weight excluding hydrogens is 548 g/mol. The van der Waals surface area contributed by atoms with E-state index in [0.29, 0.717) is 62.6 Å².